The molecule has 154 valence electrons. The van der Waals surface area contributed by atoms with E-state index in [2.05, 4.69) is 38.3 Å². The van der Waals surface area contributed by atoms with Gasteiger partial charge in [0.1, 0.15) is 5.65 Å². The molecule has 3 heterocycles. The number of fused-ring (bicyclic) bond motifs is 2. The average Bonchev–Trinajstić information content (AvgIpc) is 3.16. The van der Waals surface area contributed by atoms with Crippen molar-refractivity contribution in [3.63, 3.8) is 0 Å². The number of benzene rings is 1. The first kappa shape index (κ1) is 20.3. The van der Waals surface area contributed by atoms with Crippen molar-refractivity contribution in [2.75, 3.05) is 0 Å². The second-order valence-electron chi connectivity index (χ2n) is 7.16. The maximum absolute atomic E-state index is 13.0. The van der Waals surface area contributed by atoms with Crippen LogP contribution in [0.2, 0.25) is 0 Å². The summed E-state index contributed by atoms with van der Waals surface area (Å²) in [5.74, 6) is -0.325. The molecule has 8 heteroatoms. The number of carbonyl (C=O) groups excluding carboxylic acids is 1. The largest absolute Gasteiger partial charge is 0.345 e. The van der Waals surface area contributed by atoms with Crippen LogP contribution in [0.15, 0.2) is 58.1 Å². The van der Waals surface area contributed by atoms with Gasteiger partial charge in [0.15, 0.2) is 5.69 Å². The number of rotatable bonds is 7. The van der Waals surface area contributed by atoms with Gasteiger partial charge in [-0.05, 0) is 40.5 Å². The maximum Gasteiger partial charge on any atom is 0.274 e. The molecular weight excluding hydrogens is 446 g/mol. The Morgan fingerprint density at radius 2 is 1.90 bits per heavy atom. The van der Waals surface area contributed by atoms with Crippen molar-refractivity contribution in [1.29, 1.82) is 0 Å². The van der Waals surface area contributed by atoms with Crippen LogP contribution in [0.25, 0.3) is 16.4 Å². The summed E-state index contributed by atoms with van der Waals surface area (Å²) < 4.78 is 4.26. The Morgan fingerprint density at radius 3 is 2.70 bits per heavy atom. The molecule has 0 aliphatic carbocycles. The Hall–Kier alpha value is -3.00. The Kier molecular flexibility index (Phi) is 5.94. The van der Waals surface area contributed by atoms with Gasteiger partial charge in [0.25, 0.3) is 11.5 Å². The van der Waals surface area contributed by atoms with Crippen LogP contribution in [0.1, 0.15) is 42.4 Å². The molecule has 4 aromatic rings. The fraction of sp³-hybridized carbons (Fsp3) is 0.273. The molecule has 1 N–H and O–H groups in total. The van der Waals surface area contributed by atoms with E-state index < -0.39 is 0 Å². The summed E-state index contributed by atoms with van der Waals surface area (Å²) in [7, 11) is 0. The number of unbranched alkanes of at least 4 members (excludes halogenated alkanes) is 2. The van der Waals surface area contributed by atoms with Gasteiger partial charge in [-0.25, -0.2) is 9.67 Å². The zero-order chi connectivity index (χ0) is 21.1. The number of pyridine rings is 1. The minimum Gasteiger partial charge on any atom is -0.345 e. The smallest absolute Gasteiger partial charge is 0.274 e. The van der Waals surface area contributed by atoms with Crippen molar-refractivity contribution in [2.24, 2.45) is 0 Å². The molecule has 1 aromatic carbocycles. The van der Waals surface area contributed by atoms with Crippen LogP contribution in [0.5, 0.6) is 0 Å². The van der Waals surface area contributed by atoms with Crippen molar-refractivity contribution >= 4 is 38.3 Å². The van der Waals surface area contributed by atoms with Crippen molar-refractivity contribution in [3.05, 3.63) is 75.0 Å². The van der Waals surface area contributed by atoms with Gasteiger partial charge >= 0.3 is 0 Å². The van der Waals surface area contributed by atoms with Gasteiger partial charge in [0.05, 0.1) is 17.6 Å². The monoisotopic (exact) mass is 467 g/mol. The van der Waals surface area contributed by atoms with Crippen molar-refractivity contribution in [2.45, 2.75) is 39.3 Å². The van der Waals surface area contributed by atoms with E-state index in [1.165, 1.54) is 4.68 Å². The van der Waals surface area contributed by atoms with Gasteiger partial charge in [0, 0.05) is 28.8 Å². The molecule has 3 aromatic heterocycles. The highest BCUT2D eigenvalue weighted by Crippen LogP contribution is 2.15. The fourth-order valence-corrected chi connectivity index (χ4v) is 3.78. The first-order valence-corrected chi connectivity index (χ1v) is 10.8. The number of imidazole rings is 1. The van der Waals surface area contributed by atoms with E-state index in [1.54, 1.807) is 18.2 Å². The predicted octanol–water partition coefficient (Wildman–Crippen LogP) is 3.93. The van der Waals surface area contributed by atoms with Crippen molar-refractivity contribution < 1.29 is 4.79 Å². The molecule has 0 spiro atoms. The van der Waals surface area contributed by atoms with E-state index in [0.717, 1.165) is 35.1 Å². The van der Waals surface area contributed by atoms with Gasteiger partial charge < -0.3 is 9.72 Å². The number of aromatic nitrogens is 4. The number of nitrogens with one attached hydrogen (secondary N) is 1. The van der Waals surface area contributed by atoms with E-state index in [9.17, 15) is 9.59 Å². The first-order valence-electron chi connectivity index (χ1n) is 9.98. The van der Waals surface area contributed by atoms with Gasteiger partial charge in [-0.15, -0.1) is 0 Å². The van der Waals surface area contributed by atoms with E-state index in [0.29, 0.717) is 17.3 Å². The van der Waals surface area contributed by atoms with Crippen LogP contribution in [0.4, 0.5) is 0 Å². The lowest BCUT2D eigenvalue weighted by molar-refractivity contribution is 0.0945. The van der Waals surface area contributed by atoms with Gasteiger partial charge in [-0.3, -0.25) is 9.59 Å². The number of halogens is 1. The third-order valence-corrected chi connectivity index (χ3v) is 5.42. The molecule has 0 bridgehead atoms. The van der Waals surface area contributed by atoms with Crippen LogP contribution in [-0.4, -0.2) is 25.1 Å². The summed E-state index contributed by atoms with van der Waals surface area (Å²) in [6.07, 6.45) is 6.68. The van der Waals surface area contributed by atoms with Crippen LogP contribution >= 0.6 is 15.9 Å². The van der Waals surface area contributed by atoms with Crippen LogP contribution in [0, 0.1) is 0 Å². The second-order valence-corrected chi connectivity index (χ2v) is 8.07. The molecule has 30 heavy (non-hydrogen) atoms. The standard InChI is InChI=1S/C22H22BrN5O2/c1-2-3-6-11-28-22(30)18-8-5-4-7-17(18)20(26-28)21(29)24-12-16-14-27-13-15(23)9-10-19(27)25-16/h4-5,7-10,13-14H,2-3,6,11-12H2,1H3,(H,24,29). The Morgan fingerprint density at radius 1 is 1.10 bits per heavy atom. The van der Waals surface area contributed by atoms with E-state index >= 15 is 0 Å². The van der Waals surface area contributed by atoms with Crippen LogP contribution in [-0.2, 0) is 13.1 Å². The highest BCUT2D eigenvalue weighted by molar-refractivity contribution is 9.10. The average molecular weight is 468 g/mol. The van der Waals surface area contributed by atoms with E-state index in [-0.39, 0.29) is 23.7 Å². The zero-order valence-corrected chi connectivity index (χ0v) is 18.2. The summed E-state index contributed by atoms with van der Waals surface area (Å²) in [6, 6.07) is 10.9. The maximum atomic E-state index is 13.0. The highest BCUT2D eigenvalue weighted by atomic mass is 79.9. The third-order valence-electron chi connectivity index (χ3n) is 4.95. The van der Waals surface area contributed by atoms with E-state index in [4.69, 9.17) is 0 Å². The quantitative estimate of drug-likeness (QED) is 0.417. The molecule has 0 aliphatic rings. The number of hydrogen-bond donors (Lipinski definition) is 1. The number of hydrogen-bond acceptors (Lipinski definition) is 4. The molecule has 0 fully saturated rings. The third kappa shape index (κ3) is 4.14. The number of amides is 1. The van der Waals surface area contributed by atoms with Gasteiger partial charge in [-0.1, -0.05) is 38.0 Å². The molecule has 0 unspecified atom stereocenters. The number of nitrogens with zero attached hydrogens (tertiary/aromatic N) is 4. The molecule has 4 rings (SSSR count). The SMILES string of the molecule is CCCCCn1nc(C(=O)NCc2cn3cc(Br)ccc3n2)c2ccccc2c1=O. The number of aryl methyl sites for hydroxylation is 1. The Balaban J connectivity index is 1.61. The minimum absolute atomic E-state index is 0.163. The molecule has 7 nitrogen and oxygen atoms in total. The summed E-state index contributed by atoms with van der Waals surface area (Å²) >= 11 is 3.44. The van der Waals surface area contributed by atoms with Crippen molar-refractivity contribution in [1.82, 2.24) is 24.5 Å². The topological polar surface area (TPSA) is 81.3 Å². The lowest BCUT2D eigenvalue weighted by atomic mass is 10.1. The lowest BCUT2D eigenvalue weighted by Gasteiger charge is -2.11. The van der Waals surface area contributed by atoms with Gasteiger partial charge in [-0.2, -0.15) is 5.10 Å². The van der Waals surface area contributed by atoms with Crippen LogP contribution < -0.4 is 10.9 Å². The summed E-state index contributed by atoms with van der Waals surface area (Å²) in [4.78, 5) is 30.2. The van der Waals surface area contributed by atoms with Crippen LogP contribution in [0.3, 0.4) is 0 Å². The Bertz CT molecular complexity index is 1280. The molecule has 0 aliphatic heterocycles. The molecule has 0 saturated carbocycles. The highest BCUT2D eigenvalue weighted by Gasteiger charge is 2.17. The molecular formula is C22H22BrN5O2. The van der Waals surface area contributed by atoms with Gasteiger partial charge in [0.2, 0.25) is 0 Å². The Labute approximate surface area is 181 Å². The molecule has 0 atom stereocenters. The normalized spacial score (nSPS) is 11.3. The number of carbonyl (C=O) groups is 1. The molecule has 0 saturated heterocycles. The first-order chi connectivity index (χ1) is 14.6. The summed E-state index contributed by atoms with van der Waals surface area (Å²) in [5.41, 5.74) is 1.63. The van der Waals surface area contributed by atoms with Crippen molar-refractivity contribution in [3.8, 4) is 0 Å². The summed E-state index contributed by atoms with van der Waals surface area (Å²) in [5, 5.41) is 8.36. The lowest BCUT2D eigenvalue weighted by Crippen LogP contribution is -2.30. The fourth-order valence-electron chi connectivity index (χ4n) is 3.42. The molecule has 1 amide bonds. The molecule has 0 radical (unpaired) electrons. The second kappa shape index (κ2) is 8.79. The predicted molar refractivity (Wildman–Crippen MR) is 120 cm³/mol. The minimum atomic E-state index is -0.325. The zero-order valence-electron chi connectivity index (χ0n) is 16.6. The summed E-state index contributed by atoms with van der Waals surface area (Å²) in [6.45, 7) is 2.87. The van der Waals surface area contributed by atoms with E-state index in [1.807, 2.05) is 35.0 Å².